The molecule has 2 heteroatoms. The second-order valence-electron chi connectivity index (χ2n) is 2.48. The van der Waals surface area contributed by atoms with Gasteiger partial charge in [-0.3, -0.25) is 0 Å². The number of allylic oxidation sites excluding steroid dienone is 1. The summed E-state index contributed by atoms with van der Waals surface area (Å²) < 4.78 is 0. The van der Waals surface area contributed by atoms with Crippen LogP contribution in [-0.2, 0) is 0 Å². The van der Waals surface area contributed by atoms with Gasteiger partial charge in [-0.15, -0.1) is 0 Å². The Morgan fingerprint density at radius 1 is 1.73 bits per heavy atom. The van der Waals surface area contributed by atoms with E-state index >= 15 is 0 Å². The van der Waals surface area contributed by atoms with E-state index in [0.717, 1.165) is 13.0 Å². The highest BCUT2D eigenvalue weighted by Crippen LogP contribution is 2.16. The van der Waals surface area contributed by atoms with Gasteiger partial charge < -0.3 is 5.73 Å². The Morgan fingerprint density at radius 3 is 3.09 bits per heavy atom. The normalized spacial score (nSPS) is 12.0. The first-order valence-corrected chi connectivity index (χ1v) is 4.68. The largest absolute Gasteiger partial charge is 0.330 e. The molecule has 1 nitrogen and oxygen atoms in total. The number of hydrogen-bond acceptors (Lipinski definition) is 2. The molecule has 0 aromatic carbocycles. The molecule has 0 fully saturated rings. The van der Waals surface area contributed by atoms with Gasteiger partial charge in [-0.1, -0.05) is 6.08 Å². The van der Waals surface area contributed by atoms with Crippen molar-refractivity contribution in [2.45, 2.75) is 13.3 Å². The van der Waals surface area contributed by atoms with Crippen LogP contribution >= 0.6 is 11.3 Å². The Labute approximate surface area is 71.5 Å². The molecule has 0 saturated carbocycles. The van der Waals surface area contributed by atoms with E-state index in [1.54, 1.807) is 11.3 Å². The lowest BCUT2D eigenvalue weighted by molar-refractivity contribution is 1.01. The van der Waals surface area contributed by atoms with E-state index in [1.807, 2.05) is 0 Å². The molecule has 0 saturated heterocycles. The van der Waals surface area contributed by atoms with E-state index in [1.165, 1.54) is 11.1 Å². The van der Waals surface area contributed by atoms with E-state index in [0.29, 0.717) is 0 Å². The van der Waals surface area contributed by atoms with Crippen molar-refractivity contribution < 1.29 is 0 Å². The summed E-state index contributed by atoms with van der Waals surface area (Å²) in [5.41, 5.74) is 8.04. The van der Waals surface area contributed by atoms with Gasteiger partial charge in [-0.05, 0) is 47.9 Å². The maximum atomic E-state index is 5.39. The Bertz CT molecular complexity index is 224. The molecule has 0 amide bonds. The van der Waals surface area contributed by atoms with Crippen molar-refractivity contribution in [3.8, 4) is 0 Å². The molecule has 0 radical (unpaired) electrons. The highest BCUT2D eigenvalue weighted by Gasteiger charge is 1.92. The molecule has 0 atom stereocenters. The van der Waals surface area contributed by atoms with Gasteiger partial charge in [-0.25, -0.2) is 0 Å². The fourth-order valence-electron chi connectivity index (χ4n) is 0.907. The molecule has 0 aliphatic rings. The van der Waals surface area contributed by atoms with Crippen LogP contribution in [0.25, 0.3) is 5.57 Å². The zero-order valence-corrected chi connectivity index (χ0v) is 7.53. The highest BCUT2D eigenvalue weighted by atomic mass is 32.1. The molecule has 1 heterocycles. The van der Waals surface area contributed by atoms with Crippen LogP contribution in [0.2, 0.25) is 0 Å². The van der Waals surface area contributed by atoms with Crippen molar-refractivity contribution in [1.82, 2.24) is 0 Å². The standard InChI is InChI=1S/C9H13NS/c1-8(3-2-5-10)9-4-6-11-7-9/h3-4,6-7H,2,5,10H2,1H3/b8-3-. The van der Waals surface area contributed by atoms with Crippen LogP contribution in [0.5, 0.6) is 0 Å². The fraction of sp³-hybridized carbons (Fsp3) is 0.333. The lowest BCUT2D eigenvalue weighted by Gasteiger charge is -1.94. The first-order valence-electron chi connectivity index (χ1n) is 3.74. The maximum Gasteiger partial charge on any atom is -0.00182 e. The number of thiophene rings is 1. The van der Waals surface area contributed by atoms with Crippen LogP contribution in [0.3, 0.4) is 0 Å². The molecule has 0 spiro atoms. The van der Waals surface area contributed by atoms with Crippen molar-refractivity contribution >= 4 is 16.9 Å². The third kappa shape index (κ3) is 2.48. The van der Waals surface area contributed by atoms with Gasteiger partial charge in [0.2, 0.25) is 0 Å². The van der Waals surface area contributed by atoms with Crippen LogP contribution in [-0.4, -0.2) is 6.54 Å². The minimum absolute atomic E-state index is 0.738. The second kappa shape index (κ2) is 4.31. The fourth-order valence-corrected chi connectivity index (χ4v) is 1.62. The van der Waals surface area contributed by atoms with E-state index < -0.39 is 0 Å². The SMILES string of the molecule is C/C(=C/CCN)c1ccsc1. The van der Waals surface area contributed by atoms with E-state index in [2.05, 4.69) is 29.8 Å². The van der Waals surface area contributed by atoms with Crippen LogP contribution in [0.15, 0.2) is 22.9 Å². The van der Waals surface area contributed by atoms with Crippen molar-refractivity contribution in [2.24, 2.45) is 5.73 Å². The zero-order chi connectivity index (χ0) is 8.10. The molecule has 0 unspecified atom stereocenters. The summed E-state index contributed by atoms with van der Waals surface area (Å²) in [7, 11) is 0. The van der Waals surface area contributed by atoms with Gasteiger partial charge in [0.15, 0.2) is 0 Å². The average Bonchev–Trinajstić information content (AvgIpc) is 2.52. The first-order chi connectivity index (χ1) is 5.34. The molecule has 0 aliphatic carbocycles. The lowest BCUT2D eigenvalue weighted by Crippen LogP contribution is -1.95. The summed E-state index contributed by atoms with van der Waals surface area (Å²) in [4.78, 5) is 0. The molecule has 0 bridgehead atoms. The zero-order valence-electron chi connectivity index (χ0n) is 6.71. The predicted octanol–water partition coefficient (Wildman–Crippen LogP) is 2.50. The summed E-state index contributed by atoms with van der Waals surface area (Å²) >= 11 is 1.73. The third-order valence-corrected chi connectivity index (χ3v) is 2.28. The number of rotatable bonds is 3. The van der Waals surface area contributed by atoms with Gasteiger partial charge in [0, 0.05) is 0 Å². The third-order valence-electron chi connectivity index (χ3n) is 1.59. The first kappa shape index (κ1) is 8.50. The topological polar surface area (TPSA) is 26.0 Å². The van der Waals surface area contributed by atoms with Gasteiger partial charge in [0.05, 0.1) is 0 Å². The molecular weight excluding hydrogens is 154 g/mol. The summed E-state index contributed by atoms with van der Waals surface area (Å²) in [6.45, 7) is 2.86. The van der Waals surface area contributed by atoms with E-state index in [-0.39, 0.29) is 0 Å². The van der Waals surface area contributed by atoms with Crippen molar-refractivity contribution in [3.05, 3.63) is 28.5 Å². The minimum atomic E-state index is 0.738. The van der Waals surface area contributed by atoms with Gasteiger partial charge in [0.25, 0.3) is 0 Å². The quantitative estimate of drug-likeness (QED) is 0.735. The van der Waals surface area contributed by atoms with E-state index in [4.69, 9.17) is 5.73 Å². The van der Waals surface area contributed by atoms with Crippen LogP contribution in [0, 0.1) is 0 Å². The molecule has 11 heavy (non-hydrogen) atoms. The summed E-state index contributed by atoms with van der Waals surface area (Å²) in [6, 6.07) is 2.13. The number of hydrogen-bond donors (Lipinski definition) is 1. The monoisotopic (exact) mass is 167 g/mol. The molecule has 60 valence electrons. The molecular formula is C9H13NS. The second-order valence-corrected chi connectivity index (χ2v) is 3.26. The van der Waals surface area contributed by atoms with E-state index in [9.17, 15) is 0 Å². The maximum absolute atomic E-state index is 5.39. The van der Waals surface area contributed by atoms with Gasteiger partial charge >= 0.3 is 0 Å². The highest BCUT2D eigenvalue weighted by molar-refractivity contribution is 7.08. The Kier molecular flexibility index (Phi) is 3.33. The molecule has 1 aromatic heterocycles. The minimum Gasteiger partial charge on any atom is -0.330 e. The van der Waals surface area contributed by atoms with Crippen LogP contribution in [0.1, 0.15) is 18.9 Å². The van der Waals surface area contributed by atoms with Crippen molar-refractivity contribution in [2.75, 3.05) is 6.54 Å². The molecule has 1 aromatic rings. The molecule has 0 aliphatic heterocycles. The summed E-state index contributed by atoms with van der Waals surface area (Å²) in [5, 5.41) is 4.25. The Hall–Kier alpha value is -0.600. The van der Waals surface area contributed by atoms with Crippen LogP contribution < -0.4 is 5.73 Å². The Balaban J connectivity index is 2.62. The predicted molar refractivity (Wildman–Crippen MR) is 51.6 cm³/mol. The van der Waals surface area contributed by atoms with Crippen LogP contribution in [0.4, 0.5) is 0 Å². The average molecular weight is 167 g/mol. The number of nitrogens with two attached hydrogens (primary N) is 1. The smallest absolute Gasteiger partial charge is 0.00182 e. The van der Waals surface area contributed by atoms with Crippen molar-refractivity contribution in [1.29, 1.82) is 0 Å². The molecule has 1 rings (SSSR count). The van der Waals surface area contributed by atoms with Crippen molar-refractivity contribution in [3.63, 3.8) is 0 Å². The lowest BCUT2D eigenvalue weighted by atomic mass is 10.1. The Morgan fingerprint density at radius 2 is 2.55 bits per heavy atom. The molecule has 2 N–H and O–H groups in total. The summed E-state index contributed by atoms with van der Waals surface area (Å²) in [6.07, 6.45) is 3.16. The van der Waals surface area contributed by atoms with Gasteiger partial charge in [-0.2, -0.15) is 11.3 Å². The van der Waals surface area contributed by atoms with Gasteiger partial charge in [0.1, 0.15) is 0 Å². The summed E-state index contributed by atoms with van der Waals surface area (Å²) in [5.74, 6) is 0.